The van der Waals surface area contributed by atoms with Gasteiger partial charge in [-0.15, -0.1) is 0 Å². The Labute approximate surface area is 71.4 Å². The summed E-state index contributed by atoms with van der Waals surface area (Å²) < 4.78 is 0. The predicted molar refractivity (Wildman–Crippen MR) is 50.6 cm³/mol. The molecule has 0 spiro atoms. The fourth-order valence-electron chi connectivity index (χ4n) is 1.92. The molecule has 66 valence electrons. The summed E-state index contributed by atoms with van der Waals surface area (Å²) in [7, 11) is 0. The lowest BCUT2D eigenvalue weighted by atomic mass is 9.76. The van der Waals surface area contributed by atoms with Gasteiger partial charge < -0.3 is 0 Å². The Bertz CT molecular complexity index is 127. The van der Waals surface area contributed by atoms with Crippen molar-refractivity contribution in [2.24, 2.45) is 10.8 Å². The van der Waals surface area contributed by atoms with Gasteiger partial charge in [-0.2, -0.15) is 0 Å². The molecule has 0 aliphatic heterocycles. The molecule has 0 saturated heterocycles. The molecule has 0 N–H and O–H groups in total. The molecule has 1 saturated carbocycles. The van der Waals surface area contributed by atoms with Crippen molar-refractivity contribution in [1.82, 2.24) is 0 Å². The lowest BCUT2D eigenvalue weighted by Crippen LogP contribution is -2.18. The van der Waals surface area contributed by atoms with E-state index in [9.17, 15) is 0 Å². The topological polar surface area (TPSA) is 0 Å². The van der Waals surface area contributed by atoms with Crippen molar-refractivity contribution in [3.8, 4) is 0 Å². The summed E-state index contributed by atoms with van der Waals surface area (Å²) in [5.41, 5.74) is 1.37. The predicted octanol–water partition coefficient (Wildman–Crippen LogP) is 4.00. The molecule has 0 aromatic carbocycles. The molecular formula is C11H22. The second-order valence-corrected chi connectivity index (χ2v) is 5.01. The molecule has 0 heterocycles. The van der Waals surface area contributed by atoms with E-state index in [0.29, 0.717) is 5.41 Å². The van der Waals surface area contributed by atoms with Crippen LogP contribution < -0.4 is 0 Å². The van der Waals surface area contributed by atoms with Crippen LogP contribution in [0.15, 0.2) is 0 Å². The minimum Gasteiger partial charge on any atom is -0.0649 e. The van der Waals surface area contributed by atoms with Gasteiger partial charge in [-0.1, -0.05) is 40.5 Å². The Balaban J connectivity index is 2.43. The fraction of sp³-hybridized carbons (Fsp3) is 1.00. The molecule has 1 rings (SSSR count). The fourth-order valence-corrected chi connectivity index (χ4v) is 1.92. The highest BCUT2D eigenvalue weighted by molar-refractivity contribution is 4.93. The lowest BCUT2D eigenvalue weighted by Gasteiger charge is -2.29. The third kappa shape index (κ3) is 2.21. The zero-order valence-corrected chi connectivity index (χ0v) is 8.54. The summed E-state index contributed by atoms with van der Waals surface area (Å²) in [5, 5.41) is 0. The second kappa shape index (κ2) is 2.80. The first-order valence-corrected chi connectivity index (χ1v) is 5.04. The van der Waals surface area contributed by atoms with Crippen LogP contribution in [0.5, 0.6) is 0 Å². The first-order valence-electron chi connectivity index (χ1n) is 5.04. The van der Waals surface area contributed by atoms with Gasteiger partial charge in [0.25, 0.3) is 0 Å². The van der Waals surface area contributed by atoms with E-state index in [1.165, 1.54) is 32.1 Å². The van der Waals surface area contributed by atoms with Gasteiger partial charge >= 0.3 is 0 Å². The maximum Gasteiger partial charge on any atom is -0.0320 e. The summed E-state index contributed by atoms with van der Waals surface area (Å²) in [6.45, 7) is 9.54. The molecule has 0 amide bonds. The molecule has 0 atom stereocenters. The van der Waals surface area contributed by atoms with Crippen molar-refractivity contribution < 1.29 is 0 Å². The maximum absolute atomic E-state index is 2.44. The molecule has 1 fully saturated rings. The van der Waals surface area contributed by atoms with Crippen molar-refractivity contribution in [2.45, 2.75) is 59.8 Å². The SMILES string of the molecule is CCC(C)(CC)CC1(C)CC1. The van der Waals surface area contributed by atoms with E-state index in [-0.39, 0.29) is 0 Å². The molecule has 0 aromatic heterocycles. The molecule has 11 heavy (non-hydrogen) atoms. The van der Waals surface area contributed by atoms with E-state index in [4.69, 9.17) is 0 Å². The van der Waals surface area contributed by atoms with Crippen LogP contribution in [0.4, 0.5) is 0 Å². The van der Waals surface area contributed by atoms with E-state index < -0.39 is 0 Å². The molecule has 0 bridgehead atoms. The molecule has 0 unspecified atom stereocenters. The molecule has 0 aromatic rings. The molecule has 0 nitrogen and oxygen atoms in total. The van der Waals surface area contributed by atoms with Gasteiger partial charge in [0.2, 0.25) is 0 Å². The van der Waals surface area contributed by atoms with Crippen LogP contribution in [0, 0.1) is 10.8 Å². The minimum absolute atomic E-state index is 0.630. The van der Waals surface area contributed by atoms with E-state index in [1.54, 1.807) is 0 Å². The monoisotopic (exact) mass is 154 g/mol. The standard InChI is InChI=1S/C11H22/c1-5-10(3,6-2)9-11(4)7-8-11/h5-9H2,1-4H3. The normalized spacial score (nSPS) is 21.8. The van der Waals surface area contributed by atoms with Crippen LogP contribution in [0.2, 0.25) is 0 Å². The van der Waals surface area contributed by atoms with Crippen LogP contribution in [0.25, 0.3) is 0 Å². The smallest absolute Gasteiger partial charge is 0.0320 e. The summed E-state index contributed by atoms with van der Waals surface area (Å²) in [6, 6.07) is 0. The Morgan fingerprint density at radius 2 is 1.64 bits per heavy atom. The molecular weight excluding hydrogens is 132 g/mol. The van der Waals surface area contributed by atoms with Crippen molar-refractivity contribution in [1.29, 1.82) is 0 Å². The van der Waals surface area contributed by atoms with Gasteiger partial charge in [-0.25, -0.2) is 0 Å². The third-order valence-corrected chi connectivity index (χ3v) is 3.66. The Morgan fingerprint density at radius 3 is 1.91 bits per heavy atom. The first kappa shape index (κ1) is 9.09. The quantitative estimate of drug-likeness (QED) is 0.574. The minimum atomic E-state index is 0.630. The van der Waals surface area contributed by atoms with Crippen LogP contribution in [0.3, 0.4) is 0 Å². The van der Waals surface area contributed by atoms with Crippen molar-refractivity contribution in [3.05, 3.63) is 0 Å². The van der Waals surface area contributed by atoms with Crippen molar-refractivity contribution in [3.63, 3.8) is 0 Å². The average molecular weight is 154 g/mol. The summed E-state index contributed by atoms with van der Waals surface area (Å²) in [6.07, 6.45) is 7.09. The Hall–Kier alpha value is 0. The lowest BCUT2D eigenvalue weighted by molar-refractivity contribution is 0.218. The van der Waals surface area contributed by atoms with Crippen molar-refractivity contribution >= 4 is 0 Å². The first-order chi connectivity index (χ1) is 5.04. The van der Waals surface area contributed by atoms with Crippen LogP contribution in [-0.4, -0.2) is 0 Å². The van der Waals surface area contributed by atoms with Crippen LogP contribution in [0.1, 0.15) is 59.8 Å². The van der Waals surface area contributed by atoms with Crippen LogP contribution in [-0.2, 0) is 0 Å². The number of hydrogen-bond acceptors (Lipinski definition) is 0. The summed E-state index contributed by atoms with van der Waals surface area (Å²) >= 11 is 0. The largest absolute Gasteiger partial charge is 0.0649 e. The summed E-state index contributed by atoms with van der Waals surface area (Å²) in [4.78, 5) is 0. The third-order valence-electron chi connectivity index (χ3n) is 3.66. The zero-order chi connectivity index (χ0) is 8.54. The van der Waals surface area contributed by atoms with E-state index >= 15 is 0 Å². The van der Waals surface area contributed by atoms with Crippen molar-refractivity contribution in [2.75, 3.05) is 0 Å². The summed E-state index contributed by atoms with van der Waals surface area (Å²) in [5.74, 6) is 0. The van der Waals surface area contributed by atoms with E-state index in [2.05, 4.69) is 27.7 Å². The highest BCUT2D eigenvalue weighted by Crippen LogP contribution is 2.54. The van der Waals surface area contributed by atoms with Gasteiger partial charge in [0.1, 0.15) is 0 Å². The highest BCUT2D eigenvalue weighted by atomic mass is 14.5. The van der Waals surface area contributed by atoms with Gasteiger partial charge in [0, 0.05) is 0 Å². The highest BCUT2D eigenvalue weighted by Gasteiger charge is 2.41. The van der Waals surface area contributed by atoms with Gasteiger partial charge in [-0.3, -0.25) is 0 Å². The number of hydrogen-bond donors (Lipinski definition) is 0. The van der Waals surface area contributed by atoms with Crippen LogP contribution >= 0.6 is 0 Å². The average Bonchev–Trinajstić information content (AvgIpc) is 2.68. The molecule has 0 heteroatoms. The number of rotatable bonds is 4. The molecule has 0 radical (unpaired) electrons. The Kier molecular flexibility index (Phi) is 2.32. The molecule has 1 aliphatic rings. The zero-order valence-electron chi connectivity index (χ0n) is 8.54. The molecule has 1 aliphatic carbocycles. The van der Waals surface area contributed by atoms with E-state index in [0.717, 1.165) is 5.41 Å². The van der Waals surface area contributed by atoms with Gasteiger partial charge in [-0.05, 0) is 30.1 Å². The second-order valence-electron chi connectivity index (χ2n) is 5.01. The van der Waals surface area contributed by atoms with Gasteiger partial charge in [0.15, 0.2) is 0 Å². The van der Waals surface area contributed by atoms with E-state index in [1.807, 2.05) is 0 Å². The van der Waals surface area contributed by atoms with Gasteiger partial charge in [0.05, 0.1) is 0 Å². The Morgan fingerprint density at radius 1 is 1.18 bits per heavy atom. The maximum atomic E-state index is 2.44.